The third kappa shape index (κ3) is 3.48. The van der Waals surface area contributed by atoms with Crippen LogP contribution in [0.4, 0.5) is 23.3 Å². The van der Waals surface area contributed by atoms with E-state index in [0.717, 1.165) is 5.69 Å². The summed E-state index contributed by atoms with van der Waals surface area (Å²) in [7, 11) is 1.82. The molecule has 0 aliphatic heterocycles. The molecule has 0 saturated heterocycles. The molecule has 31 heavy (non-hydrogen) atoms. The highest BCUT2D eigenvalue weighted by Crippen LogP contribution is 2.34. The van der Waals surface area contributed by atoms with Crippen molar-refractivity contribution in [2.75, 3.05) is 10.6 Å². The third-order valence-corrected chi connectivity index (χ3v) is 5.57. The van der Waals surface area contributed by atoms with Crippen molar-refractivity contribution in [2.45, 2.75) is 0 Å². The molecule has 3 N–H and O–H groups in total. The molecule has 2 heterocycles. The highest BCUT2D eigenvalue weighted by Gasteiger charge is 2.17. The topological polar surface area (TPSA) is 87.6 Å². The Balaban J connectivity index is 1.62. The molecule has 5 aromatic rings. The van der Waals surface area contributed by atoms with Gasteiger partial charge >= 0.3 is 0 Å². The van der Waals surface area contributed by atoms with Crippen molar-refractivity contribution >= 4 is 68.4 Å². The summed E-state index contributed by atoms with van der Waals surface area (Å²) in [4.78, 5) is 25.0. The van der Waals surface area contributed by atoms with Crippen LogP contribution in [0.5, 0.6) is 0 Å². The van der Waals surface area contributed by atoms with Crippen LogP contribution in [-0.2, 0) is 7.05 Å². The summed E-state index contributed by atoms with van der Waals surface area (Å²) in [6, 6.07) is 18.4. The molecule has 154 valence electrons. The van der Waals surface area contributed by atoms with Gasteiger partial charge in [0.1, 0.15) is 0 Å². The number of aromatic amines is 1. The van der Waals surface area contributed by atoms with Crippen molar-refractivity contribution in [3.8, 4) is 0 Å². The molecule has 7 nitrogen and oxygen atoms in total. The SMILES string of the molecule is Cn1c(Nc2c(Cl)cccc2Cl)nc2ccc3nc(Nc4ccccc4)[nH]c(=O)c3c21. The van der Waals surface area contributed by atoms with Crippen LogP contribution in [0.15, 0.2) is 65.5 Å². The Kier molecular flexibility index (Phi) is 4.77. The molecule has 9 heteroatoms. The number of para-hydroxylation sites is 2. The molecule has 5 rings (SSSR count). The predicted molar refractivity (Wildman–Crippen MR) is 126 cm³/mol. The molecule has 0 amide bonds. The Morgan fingerprint density at radius 1 is 0.871 bits per heavy atom. The van der Waals surface area contributed by atoms with Gasteiger partial charge in [0.25, 0.3) is 5.56 Å². The second kappa shape index (κ2) is 7.61. The van der Waals surface area contributed by atoms with Crippen molar-refractivity contribution in [3.05, 3.63) is 81.1 Å². The summed E-state index contributed by atoms with van der Waals surface area (Å²) in [6.45, 7) is 0. The number of nitrogens with zero attached hydrogens (tertiary/aromatic N) is 3. The maximum Gasteiger partial charge on any atom is 0.262 e. The highest BCUT2D eigenvalue weighted by atomic mass is 35.5. The summed E-state index contributed by atoms with van der Waals surface area (Å²) >= 11 is 12.6. The summed E-state index contributed by atoms with van der Waals surface area (Å²) < 4.78 is 1.79. The molecule has 0 aliphatic carbocycles. The number of hydrogen-bond acceptors (Lipinski definition) is 5. The Morgan fingerprint density at radius 2 is 1.58 bits per heavy atom. The Bertz CT molecular complexity index is 1470. The first-order valence-electron chi connectivity index (χ1n) is 9.44. The van der Waals surface area contributed by atoms with E-state index in [1.54, 1.807) is 28.8 Å². The lowest BCUT2D eigenvalue weighted by Gasteiger charge is -2.10. The van der Waals surface area contributed by atoms with Crippen LogP contribution >= 0.6 is 23.2 Å². The van der Waals surface area contributed by atoms with Crippen LogP contribution in [0, 0.1) is 0 Å². The zero-order valence-corrected chi connectivity index (χ0v) is 17.8. The summed E-state index contributed by atoms with van der Waals surface area (Å²) in [5.74, 6) is 0.870. The fraction of sp³-hybridized carbons (Fsp3) is 0.0455. The molecule has 0 saturated carbocycles. The minimum atomic E-state index is -0.264. The first-order valence-corrected chi connectivity index (χ1v) is 10.2. The minimum absolute atomic E-state index is 0.264. The smallest absolute Gasteiger partial charge is 0.262 e. The van der Waals surface area contributed by atoms with E-state index in [2.05, 4.69) is 25.6 Å². The van der Waals surface area contributed by atoms with E-state index >= 15 is 0 Å². The van der Waals surface area contributed by atoms with Crippen molar-refractivity contribution in [1.29, 1.82) is 0 Å². The maximum absolute atomic E-state index is 13.0. The molecule has 0 aliphatic rings. The number of imidazole rings is 1. The molecule has 2 aromatic heterocycles. The van der Waals surface area contributed by atoms with Gasteiger partial charge < -0.3 is 15.2 Å². The zero-order chi connectivity index (χ0) is 21.5. The second-order valence-electron chi connectivity index (χ2n) is 6.95. The first kappa shape index (κ1) is 19.4. The van der Waals surface area contributed by atoms with Gasteiger partial charge in [-0.25, -0.2) is 9.97 Å². The molecule has 0 atom stereocenters. The normalized spacial score (nSPS) is 11.2. The van der Waals surface area contributed by atoms with Crippen LogP contribution in [0.2, 0.25) is 10.0 Å². The highest BCUT2D eigenvalue weighted by molar-refractivity contribution is 6.39. The van der Waals surface area contributed by atoms with Crippen LogP contribution in [-0.4, -0.2) is 19.5 Å². The van der Waals surface area contributed by atoms with Crippen molar-refractivity contribution in [1.82, 2.24) is 19.5 Å². The molecule has 0 spiro atoms. The van der Waals surface area contributed by atoms with Crippen LogP contribution in [0.3, 0.4) is 0 Å². The van der Waals surface area contributed by atoms with Crippen LogP contribution in [0.1, 0.15) is 0 Å². The number of anilines is 4. The number of fused-ring (bicyclic) bond motifs is 3. The second-order valence-corrected chi connectivity index (χ2v) is 7.76. The average molecular weight is 451 g/mol. The van der Waals surface area contributed by atoms with Crippen molar-refractivity contribution < 1.29 is 0 Å². The fourth-order valence-corrected chi connectivity index (χ4v) is 3.98. The lowest BCUT2D eigenvalue weighted by Crippen LogP contribution is -2.12. The van der Waals surface area contributed by atoms with E-state index in [1.807, 2.05) is 43.4 Å². The van der Waals surface area contributed by atoms with Crippen LogP contribution < -0.4 is 16.2 Å². The minimum Gasteiger partial charge on any atom is -0.326 e. The monoisotopic (exact) mass is 450 g/mol. The van der Waals surface area contributed by atoms with E-state index in [1.165, 1.54) is 0 Å². The van der Waals surface area contributed by atoms with Gasteiger partial charge in [-0.05, 0) is 36.4 Å². The van der Waals surface area contributed by atoms with Crippen molar-refractivity contribution in [3.63, 3.8) is 0 Å². The Hall–Kier alpha value is -3.55. The number of aromatic nitrogens is 4. The number of rotatable bonds is 4. The number of halogens is 2. The summed E-state index contributed by atoms with van der Waals surface area (Å²) in [5, 5.41) is 7.68. The van der Waals surface area contributed by atoms with Gasteiger partial charge in [0.15, 0.2) is 0 Å². The number of H-pyrrole nitrogens is 1. The quantitative estimate of drug-likeness (QED) is 0.331. The lowest BCUT2D eigenvalue weighted by molar-refractivity contribution is 0.960. The van der Waals surface area contributed by atoms with Gasteiger partial charge in [0, 0.05) is 12.7 Å². The molecule has 0 bridgehead atoms. The van der Waals surface area contributed by atoms with E-state index in [0.29, 0.717) is 49.6 Å². The van der Waals surface area contributed by atoms with Gasteiger partial charge in [-0.1, -0.05) is 47.5 Å². The molecule has 0 unspecified atom stereocenters. The van der Waals surface area contributed by atoms with E-state index in [4.69, 9.17) is 23.2 Å². The van der Waals surface area contributed by atoms with Gasteiger partial charge in [-0.15, -0.1) is 0 Å². The largest absolute Gasteiger partial charge is 0.326 e. The summed E-state index contributed by atoms with van der Waals surface area (Å²) in [5.41, 5.74) is 2.98. The molecule has 3 aromatic carbocycles. The summed E-state index contributed by atoms with van der Waals surface area (Å²) in [6.07, 6.45) is 0. The molecule has 0 fully saturated rings. The number of benzene rings is 3. The number of aryl methyl sites for hydroxylation is 1. The van der Waals surface area contributed by atoms with Gasteiger partial charge in [-0.2, -0.15) is 0 Å². The third-order valence-electron chi connectivity index (χ3n) is 4.94. The van der Waals surface area contributed by atoms with Gasteiger partial charge in [0.05, 0.1) is 37.7 Å². The number of hydrogen-bond donors (Lipinski definition) is 3. The lowest BCUT2D eigenvalue weighted by atomic mass is 10.2. The molecule has 0 radical (unpaired) electrons. The van der Waals surface area contributed by atoms with E-state index in [-0.39, 0.29) is 5.56 Å². The van der Waals surface area contributed by atoms with Crippen LogP contribution in [0.25, 0.3) is 21.9 Å². The Morgan fingerprint density at radius 3 is 2.32 bits per heavy atom. The standard InChI is InChI=1S/C22H16Cl2N6O/c1-30-19-16(27-22(30)28-18-13(23)8-5-9-14(18)24)11-10-15-17(19)20(31)29-21(26-15)25-12-6-3-2-4-7-12/h2-11H,1H3,(H,27,28)(H2,25,26,29,31). The average Bonchev–Trinajstić information content (AvgIpc) is 3.07. The van der Waals surface area contributed by atoms with E-state index < -0.39 is 0 Å². The maximum atomic E-state index is 13.0. The molecular formula is C22H16Cl2N6O. The van der Waals surface area contributed by atoms with Crippen molar-refractivity contribution in [2.24, 2.45) is 7.05 Å². The first-order chi connectivity index (χ1) is 15.0. The van der Waals surface area contributed by atoms with Gasteiger partial charge in [0.2, 0.25) is 11.9 Å². The zero-order valence-electron chi connectivity index (χ0n) is 16.3. The van der Waals surface area contributed by atoms with E-state index in [9.17, 15) is 4.79 Å². The predicted octanol–water partition coefficient (Wildman–Crippen LogP) is 5.60. The van der Waals surface area contributed by atoms with Gasteiger partial charge in [-0.3, -0.25) is 9.78 Å². The molecular weight excluding hydrogens is 435 g/mol. The fourth-order valence-electron chi connectivity index (χ4n) is 3.49. The Labute approximate surface area is 186 Å². The number of nitrogens with one attached hydrogen (secondary N) is 3.